The lowest BCUT2D eigenvalue weighted by Crippen LogP contribution is -2.41. The van der Waals surface area contributed by atoms with Gasteiger partial charge in [0.15, 0.2) is 9.84 Å². The second kappa shape index (κ2) is 6.42. The van der Waals surface area contributed by atoms with Crippen molar-refractivity contribution in [2.75, 3.05) is 23.0 Å². The smallest absolute Gasteiger partial charge is 0.414 e. The monoisotopic (exact) mass is 351 g/mol. The third-order valence-electron chi connectivity index (χ3n) is 3.16. The van der Waals surface area contributed by atoms with Gasteiger partial charge >= 0.3 is 6.09 Å². The van der Waals surface area contributed by atoms with Crippen LogP contribution in [-0.4, -0.2) is 38.7 Å². The topological polar surface area (TPSA) is 63.7 Å². The summed E-state index contributed by atoms with van der Waals surface area (Å²) < 4.78 is 28.3. The van der Waals surface area contributed by atoms with Gasteiger partial charge in [0.1, 0.15) is 0 Å². The molecule has 0 aliphatic carbocycles. The number of amides is 1. The lowest BCUT2D eigenvalue weighted by atomic mass is 10.2. The summed E-state index contributed by atoms with van der Waals surface area (Å²) in [6.07, 6.45) is -0.233. The van der Waals surface area contributed by atoms with Gasteiger partial charge in [-0.1, -0.05) is 23.2 Å². The average Bonchev–Trinajstić information content (AvgIpc) is 2.68. The van der Waals surface area contributed by atoms with Crippen molar-refractivity contribution in [3.05, 3.63) is 28.2 Å². The summed E-state index contributed by atoms with van der Waals surface area (Å²) in [5.41, 5.74) is 0.438. The van der Waals surface area contributed by atoms with Crippen LogP contribution < -0.4 is 4.90 Å². The minimum Gasteiger partial charge on any atom is -0.449 e. The third-order valence-corrected chi connectivity index (χ3v) is 5.35. The van der Waals surface area contributed by atoms with E-state index < -0.39 is 22.0 Å². The predicted octanol–water partition coefficient (Wildman–Crippen LogP) is 3.14. The van der Waals surface area contributed by atoms with Crippen molar-refractivity contribution >= 4 is 44.8 Å². The van der Waals surface area contributed by atoms with Crippen molar-refractivity contribution in [1.82, 2.24) is 0 Å². The van der Waals surface area contributed by atoms with Crippen LogP contribution in [0.2, 0.25) is 10.0 Å². The molecule has 0 bridgehead atoms. The summed E-state index contributed by atoms with van der Waals surface area (Å²) in [6.45, 7) is 1.88. The van der Waals surface area contributed by atoms with E-state index in [0.717, 1.165) is 0 Å². The maximum atomic E-state index is 12.2. The van der Waals surface area contributed by atoms with E-state index in [1.54, 1.807) is 25.1 Å². The van der Waals surface area contributed by atoms with Crippen molar-refractivity contribution < 1.29 is 17.9 Å². The number of carbonyl (C=O) groups is 1. The van der Waals surface area contributed by atoms with E-state index in [1.807, 2.05) is 0 Å². The molecule has 0 radical (unpaired) electrons. The van der Waals surface area contributed by atoms with Crippen LogP contribution in [0.4, 0.5) is 10.5 Å². The number of ether oxygens (including phenoxy) is 1. The molecule has 1 atom stereocenters. The van der Waals surface area contributed by atoms with Crippen LogP contribution in [0.3, 0.4) is 0 Å². The molecule has 1 aliphatic rings. The van der Waals surface area contributed by atoms with Crippen LogP contribution in [0.25, 0.3) is 0 Å². The molecule has 1 saturated heterocycles. The molecule has 1 amide bonds. The van der Waals surface area contributed by atoms with Gasteiger partial charge in [-0.25, -0.2) is 13.2 Å². The normalized spacial score (nSPS) is 20.2. The number of carbonyl (C=O) groups excluding carboxylic acids is 1. The molecule has 0 aromatic heterocycles. The second-order valence-electron chi connectivity index (χ2n) is 4.75. The highest BCUT2D eigenvalue weighted by atomic mass is 35.5. The number of sulfone groups is 1. The van der Waals surface area contributed by atoms with Gasteiger partial charge in [0.25, 0.3) is 0 Å². The fourth-order valence-corrected chi connectivity index (χ4v) is 4.53. The standard InChI is InChI=1S/C13H15Cl2NO4S/c1-2-20-13(17)16(11-3-4-21(18,19)8-11)12-6-9(14)5-10(15)7-12/h5-7,11H,2-4,8H2,1H3. The molecule has 2 rings (SSSR count). The van der Waals surface area contributed by atoms with Gasteiger partial charge in [0.05, 0.1) is 29.8 Å². The van der Waals surface area contributed by atoms with Gasteiger partial charge in [-0.3, -0.25) is 4.90 Å². The Morgan fingerprint density at radius 1 is 1.33 bits per heavy atom. The number of nitrogens with zero attached hydrogens (tertiary/aromatic N) is 1. The van der Waals surface area contributed by atoms with Crippen molar-refractivity contribution in [2.45, 2.75) is 19.4 Å². The molecule has 0 saturated carbocycles. The molecule has 1 fully saturated rings. The van der Waals surface area contributed by atoms with Crippen LogP contribution in [0.15, 0.2) is 18.2 Å². The molecular formula is C13H15Cl2NO4S. The molecule has 8 heteroatoms. The van der Waals surface area contributed by atoms with Crippen LogP contribution in [0.1, 0.15) is 13.3 Å². The van der Waals surface area contributed by atoms with Crippen molar-refractivity contribution in [2.24, 2.45) is 0 Å². The van der Waals surface area contributed by atoms with Gasteiger partial charge in [-0.15, -0.1) is 0 Å². The molecule has 1 unspecified atom stereocenters. The first kappa shape index (κ1) is 16.4. The van der Waals surface area contributed by atoms with Crippen LogP contribution in [0.5, 0.6) is 0 Å². The molecule has 0 N–H and O–H groups in total. The Morgan fingerprint density at radius 3 is 2.43 bits per heavy atom. The van der Waals surface area contributed by atoms with Gasteiger partial charge in [-0.2, -0.15) is 0 Å². The maximum absolute atomic E-state index is 12.2. The number of hydrogen-bond donors (Lipinski definition) is 0. The number of hydrogen-bond acceptors (Lipinski definition) is 4. The molecule has 1 heterocycles. The van der Waals surface area contributed by atoms with E-state index in [1.165, 1.54) is 4.90 Å². The van der Waals surface area contributed by atoms with Gasteiger partial charge in [0.2, 0.25) is 0 Å². The van der Waals surface area contributed by atoms with Gasteiger partial charge < -0.3 is 4.74 Å². The summed E-state index contributed by atoms with van der Waals surface area (Å²) in [4.78, 5) is 13.5. The zero-order valence-corrected chi connectivity index (χ0v) is 13.7. The van der Waals surface area contributed by atoms with E-state index >= 15 is 0 Å². The highest BCUT2D eigenvalue weighted by Crippen LogP contribution is 2.30. The summed E-state index contributed by atoms with van der Waals surface area (Å²) in [6, 6.07) is 4.20. The predicted molar refractivity (Wildman–Crippen MR) is 83.0 cm³/mol. The minimum absolute atomic E-state index is 0.0574. The fraction of sp³-hybridized carbons (Fsp3) is 0.462. The van der Waals surface area contributed by atoms with Gasteiger partial charge in [-0.05, 0) is 31.5 Å². The maximum Gasteiger partial charge on any atom is 0.414 e. The highest BCUT2D eigenvalue weighted by molar-refractivity contribution is 7.91. The van der Waals surface area contributed by atoms with E-state index in [0.29, 0.717) is 22.2 Å². The SMILES string of the molecule is CCOC(=O)N(c1cc(Cl)cc(Cl)c1)C1CCS(=O)(=O)C1. The van der Waals surface area contributed by atoms with Crippen molar-refractivity contribution in [3.63, 3.8) is 0 Å². The van der Waals surface area contributed by atoms with E-state index in [9.17, 15) is 13.2 Å². The first-order valence-electron chi connectivity index (χ1n) is 6.45. The quantitative estimate of drug-likeness (QED) is 0.838. The third kappa shape index (κ3) is 4.02. The Kier molecular flexibility index (Phi) is 5.01. The number of halogens is 2. The molecule has 1 aromatic carbocycles. The number of rotatable bonds is 3. The van der Waals surface area contributed by atoms with Gasteiger partial charge in [0, 0.05) is 10.0 Å². The first-order chi connectivity index (χ1) is 9.82. The van der Waals surface area contributed by atoms with Crippen molar-refractivity contribution in [1.29, 1.82) is 0 Å². The summed E-state index contributed by atoms with van der Waals surface area (Å²) >= 11 is 11.9. The zero-order chi connectivity index (χ0) is 15.6. The summed E-state index contributed by atoms with van der Waals surface area (Å²) in [5, 5.41) is 0.736. The molecular weight excluding hydrogens is 337 g/mol. The number of benzene rings is 1. The molecule has 0 spiro atoms. The Morgan fingerprint density at radius 2 is 1.95 bits per heavy atom. The Bertz CT molecular complexity index is 627. The molecule has 21 heavy (non-hydrogen) atoms. The highest BCUT2D eigenvalue weighted by Gasteiger charge is 2.36. The lowest BCUT2D eigenvalue weighted by molar-refractivity contribution is 0.157. The van der Waals surface area contributed by atoms with E-state index in [4.69, 9.17) is 27.9 Å². The molecule has 1 aromatic rings. The average molecular weight is 352 g/mol. The molecule has 5 nitrogen and oxygen atoms in total. The largest absolute Gasteiger partial charge is 0.449 e. The van der Waals surface area contributed by atoms with Crippen LogP contribution in [-0.2, 0) is 14.6 Å². The Hall–Kier alpha value is -0.980. The fourth-order valence-electron chi connectivity index (χ4n) is 2.32. The second-order valence-corrected chi connectivity index (χ2v) is 7.86. The molecule has 116 valence electrons. The summed E-state index contributed by atoms with van der Waals surface area (Å²) in [5.74, 6) is -0.0299. The summed E-state index contributed by atoms with van der Waals surface area (Å²) in [7, 11) is -3.13. The van der Waals surface area contributed by atoms with E-state index in [-0.39, 0.29) is 18.1 Å². The van der Waals surface area contributed by atoms with E-state index in [2.05, 4.69) is 0 Å². The minimum atomic E-state index is -3.13. The number of anilines is 1. The zero-order valence-electron chi connectivity index (χ0n) is 11.4. The van der Waals surface area contributed by atoms with Crippen LogP contribution >= 0.6 is 23.2 Å². The van der Waals surface area contributed by atoms with Crippen LogP contribution in [0, 0.1) is 0 Å². The molecule has 1 aliphatic heterocycles. The Labute approximate surface area is 133 Å². The Balaban J connectivity index is 2.38. The first-order valence-corrected chi connectivity index (χ1v) is 9.02. The lowest BCUT2D eigenvalue weighted by Gasteiger charge is -2.27. The van der Waals surface area contributed by atoms with Crippen molar-refractivity contribution in [3.8, 4) is 0 Å².